The first-order valence-corrected chi connectivity index (χ1v) is 7.55. The summed E-state index contributed by atoms with van der Waals surface area (Å²) in [6, 6.07) is 1.82. The van der Waals surface area contributed by atoms with Crippen molar-refractivity contribution in [1.29, 1.82) is 0 Å². The van der Waals surface area contributed by atoms with E-state index in [9.17, 15) is 4.79 Å². The van der Waals surface area contributed by atoms with E-state index in [2.05, 4.69) is 25.6 Å². The third-order valence-corrected chi connectivity index (χ3v) is 3.90. The number of nitrogens with zero attached hydrogens (tertiary/aromatic N) is 5. The van der Waals surface area contributed by atoms with Crippen molar-refractivity contribution in [3.63, 3.8) is 0 Å². The van der Waals surface area contributed by atoms with Crippen LogP contribution in [-0.4, -0.2) is 57.4 Å². The van der Waals surface area contributed by atoms with E-state index in [0.717, 1.165) is 31.1 Å². The highest BCUT2D eigenvalue weighted by Gasteiger charge is 2.22. The molecule has 0 saturated carbocycles. The molecule has 0 radical (unpaired) electrons. The molecular formula is C12H16N6O2S. The van der Waals surface area contributed by atoms with Gasteiger partial charge in [0.1, 0.15) is 5.51 Å². The van der Waals surface area contributed by atoms with E-state index >= 15 is 0 Å². The fourth-order valence-electron chi connectivity index (χ4n) is 2.22. The number of aromatic nitrogens is 3. The van der Waals surface area contributed by atoms with Crippen LogP contribution in [0.25, 0.3) is 0 Å². The normalized spacial score (nSPS) is 16.1. The number of piperazine rings is 1. The van der Waals surface area contributed by atoms with Gasteiger partial charge in [-0.25, -0.2) is 4.79 Å². The van der Waals surface area contributed by atoms with Gasteiger partial charge in [0, 0.05) is 32.2 Å². The van der Waals surface area contributed by atoms with Gasteiger partial charge in [-0.1, -0.05) is 16.5 Å². The monoisotopic (exact) mass is 308 g/mol. The highest BCUT2D eigenvalue weighted by atomic mass is 32.1. The van der Waals surface area contributed by atoms with Gasteiger partial charge in [0.05, 0.1) is 12.2 Å². The average Bonchev–Trinajstić information content (AvgIpc) is 3.12. The number of nitrogens with one attached hydrogen (secondary N) is 1. The summed E-state index contributed by atoms with van der Waals surface area (Å²) in [6.07, 6.45) is 0. The molecule has 1 N–H and O–H groups in total. The van der Waals surface area contributed by atoms with Crippen LogP contribution in [0.15, 0.2) is 16.1 Å². The topological polar surface area (TPSA) is 87.4 Å². The zero-order chi connectivity index (χ0) is 14.7. The van der Waals surface area contributed by atoms with Crippen molar-refractivity contribution in [2.45, 2.75) is 13.5 Å². The molecule has 3 rings (SSSR count). The Morgan fingerprint density at radius 2 is 2.24 bits per heavy atom. The first kappa shape index (κ1) is 14.0. The van der Waals surface area contributed by atoms with Gasteiger partial charge in [0.2, 0.25) is 5.13 Å². The number of rotatable bonds is 3. The number of hydrogen-bond acceptors (Lipinski definition) is 7. The van der Waals surface area contributed by atoms with Gasteiger partial charge in [-0.3, -0.25) is 10.2 Å². The van der Waals surface area contributed by atoms with Crippen molar-refractivity contribution >= 4 is 22.5 Å². The van der Waals surface area contributed by atoms with Gasteiger partial charge in [-0.15, -0.1) is 10.2 Å². The molecule has 2 amide bonds. The van der Waals surface area contributed by atoms with E-state index in [1.807, 2.05) is 13.0 Å². The molecule has 2 aromatic heterocycles. The van der Waals surface area contributed by atoms with Crippen LogP contribution in [-0.2, 0) is 6.54 Å². The second-order valence-corrected chi connectivity index (χ2v) is 5.71. The fraction of sp³-hybridized carbons (Fsp3) is 0.500. The zero-order valence-corrected chi connectivity index (χ0v) is 12.5. The summed E-state index contributed by atoms with van der Waals surface area (Å²) in [5.41, 5.74) is 2.48. The number of urea groups is 1. The van der Waals surface area contributed by atoms with Crippen LogP contribution in [0.1, 0.15) is 11.5 Å². The largest absolute Gasteiger partial charge is 0.360 e. The van der Waals surface area contributed by atoms with Gasteiger partial charge in [0.25, 0.3) is 0 Å². The Hall–Kier alpha value is -2.00. The van der Waals surface area contributed by atoms with Gasteiger partial charge >= 0.3 is 6.03 Å². The van der Waals surface area contributed by atoms with Crippen LogP contribution in [0.4, 0.5) is 9.93 Å². The maximum Gasteiger partial charge on any atom is 0.323 e. The molecule has 1 aliphatic heterocycles. The highest BCUT2D eigenvalue weighted by molar-refractivity contribution is 7.13. The smallest absolute Gasteiger partial charge is 0.323 e. The number of aryl methyl sites for hydroxylation is 1. The standard InChI is InChI=1S/C12H16N6O2S/c1-9-6-10(20-16-9)7-17-2-4-18(5-3-17)12(19)14-11-15-13-8-21-11/h6,8H,2-5,7H2,1H3,(H,14,15,19). The minimum absolute atomic E-state index is 0.123. The molecule has 1 fully saturated rings. The molecule has 0 aliphatic carbocycles. The van der Waals surface area contributed by atoms with Crippen molar-refractivity contribution in [3.05, 3.63) is 23.0 Å². The lowest BCUT2D eigenvalue weighted by atomic mass is 10.3. The fourth-order valence-corrected chi connectivity index (χ4v) is 2.65. The first-order valence-electron chi connectivity index (χ1n) is 6.67. The van der Waals surface area contributed by atoms with Crippen LogP contribution in [0.3, 0.4) is 0 Å². The van der Waals surface area contributed by atoms with E-state index in [-0.39, 0.29) is 6.03 Å². The maximum atomic E-state index is 12.0. The molecule has 0 bridgehead atoms. The molecule has 2 aromatic rings. The molecule has 0 atom stereocenters. The third-order valence-electron chi connectivity index (χ3n) is 3.29. The molecular weight excluding hydrogens is 292 g/mol. The summed E-state index contributed by atoms with van der Waals surface area (Å²) in [5, 5.41) is 14.6. The maximum absolute atomic E-state index is 12.0. The summed E-state index contributed by atoms with van der Waals surface area (Å²) in [6.45, 7) is 5.61. The van der Waals surface area contributed by atoms with Gasteiger partial charge in [-0.2, -0.15) is 0 Å². The quantitative estimate of drug-likeness (QED) is 0.916. The Bertz CT molecular complexity index is 591. The van der Waals surface area contributed by atoms with Gasteiger partial charge in [-0.05, 0) is 6.92 Å². The summed E-state index contributed by atoms with van der Waals surface area (Å²) in [4.78, 5) is 16.1. The van der Waals surface area contributed by atoms with E-state index in [4.69, 9.17) is 4.52 Å². The van der Waals surface area contributed by atoms with Gasteiger partial charge < -0.3 is 9.42 Å². The van der Waals surface area contributed by atoms with Crippen molar-refractivity contribution in [3.8, 4) is 0 Å². The lowest BCUT2D eigenvalue weighted by Gasteiger charge is -2.33. The lowest BCUT2D eigenvalue weighted by molar-refractivity contribution is 0.134. The number of carbonyl (C=O) groups excluding carboxylic acids is 1. The van der Waals surface area contributed by atoms with Crippen LogP contribution in [0.5, 0.6) is 0 Å². The Labute approximate surface area is 125 Å². The molecule has 3 heterocycles. The van der Waals surface area contributed by atoms with Crippen LogP contribution in [0.2, 0.25) is 0 Å². The Morgan fingerprint density at radius 1 is 1.43 bits per heavy atom. The molecule has 0 aromatic carbocycles. The number of carbonyl (C=O) groups is 1. The summed E-state index contributed by atoms with van der Waals surface area (Å²) < 4.78 is 5.21. The molecule has 0 unspecified atom stereocenters. The second-order valence-electron chi connectivity index (χ2n) is 4.87. The van der Waals surface area contributed by atoms with Crippen LogP contribution < -0.4 is 5.32 Å². The van der Waals surface area contributed by atoms with Crippen molar-refractivity contribution in [1.82, 2.24) is 25.2 Å². The minimum Gasteiger partial charge on any atom is -0.360 e. The summed E-state index contributed by atoms with van der Waals surface area (Å²) in [7, 11) is 0. The SMILES string of the molecule is Cc1cc(CN2CCN(C(=O)Nc3nncs3)CC2)on1. The molecule has 1 aliphatic rings. The highest BCUT2D eigenvalue weighted by Crippen LogP contribution is 2.12. The number of anilines is 1. The molecule has 112 valence electrons. The van der Waals surface area contributed by atoms with Crippen molar-refractivity contribution < 1.29 is 9.32 Å². The Morgan fingerprint density at radius 3 is 2.86 bits per heavy atom. The summed E-state index contributed by atoms with van der Waals surface area (Å²) in [5.74, 6) is 0.860. The predicted octanol–water partition coefficient (Wildman–Crippen LogP) is 1.18. The number of hydrogen-bond donors (Lipinski definition) is 1. The third kappa shape index (κ3) is 3.56. The molecule has 21 heavy (non-hydrogen) atoms. The van der Waals surface area contributed by atoms with E-state index < -0.39 is 0 Å². The average molecular weight is 308 g/mol. The summed E-state index contributed by atoms with van der Waals surface area (Å²) >= 11 is 1.31. The molecule has 8 nitrogen and oxygen atoms in total. The second kappa shape index (κ2) is 6.19. The molecule has 9 heteroatoms. The van der Waals surface area contributed by atoms with Crippen LogP contribution in [0, 0.1) is 6.92 Å². The number of amides is 2. The van der Waals surface area contributed by atoms with E-state index in [1.165, 1.54) is 11.3 Å². The minimum atomic E-state index is -0.123. The zero-order valence-electron chi connectivity index (χ0n) is 11.7. The van der Waals surface area contributed by atoms with Gasteiger partial charge in [0.15, 0.2) is 5.76 Å². The molecule has 0 spiro atoms. The van der Waals surface area contributed by atoms with Crippen molar-refractivity contribution in [2.24, 2.45) is 0 Å². The lowest BCUT2D eigenvalue weighted by Crippen LogP contribution is -2.49. The first-order chi connectivity index (χ1) is 10.2. The molecule has 1 saturated heterocycles. The Kier molecular flexibility index (Phi) is 4.11. The Balaban J connectivity index is 1.47. The van der Waals surface area contributed by atoms with E-state index in [0.29, 0.717) is 18.2 Å². The van der Waals surface area contributed by atoms with E-state index in [1.54, 1.807) is 10.4 Å². The van der Waals surface area contributed by atoms with Crippen molar-refractivity contribution in [2.75, 3.05) is 31.5 Å². The predicted molar refractivity (Wildman–Crippen MR) is 77.0 cm³/mol. The van der Waals surface area contributed by atoms with Crippen LogP contribution >= 0.6 is 11.3 Å².